The SMILES string of the molecule is C=CC(O)N1CCC2(CC1)CC2N. The Bertz CT molecular complexity index is 209. The van der Waals surface area contributed by atoms with E-state index in [4.69, 9.17) is 5.73 Å². The van der Waals surface area contributed by atoms with Gasteiger partial charge in [-0.1, -0.05) is 6.58 Å². The Labute approximate surface area is 79.2 Å². The maximum Gasteiger partial charge on any atom is 0.126 e. The zero-order valence-electron chi connectivity index (χ0n) is 7.95. The molecule has 2 unspecified atom stereocenters. The number of rotatable bonds is 2. The maximum absolute atomic E-state index is 9.52. The first-order chi connectivity index (χ1) is 6.18. The number of nitrogens with zero attached hydrogens (tertiary/aromatic N) is 1. The van der Waals surface area contributed by atoms with Crippen molar-refractivity contribution in [3.05, 3.63) is 12.7 Å². The van der Waals surface area contributed by atoms with Gasteiger partial charge in [-0.25, -0.2) is 0 Å². The van der Waals surface area contributed by atoms with E-state index in [0.29, 0.717) is 11.5 Å². The van der Waals surface area contributed by atoms with E-state index in [9.17, 15) is 5.11 Å². The van der Waals surface area contributed by atoms with Gasteiger partial charge in [0.15, 0.2) is 0 Å². The highest BCUT2D eigenvalue weighted by Gasteiger charge is 2.52. The molecule has 0 amide bonds. The van der Waals surface area contributed by atoms with Gasteiger partial charge in [0.05, 0.1) is 0 Å². The quantitative estimate of drug-likeness (QED) is 0.604. The highest BCUT2D eigenvalue weighted by molar-refractivity contribution is 5.08. The highest BCUT2D eigenvalue weighted by atomic mass is 16.3. The van der Waals surface area contributed by atoms with Crippen LogP contribution in [0, 0.1) is 5.41 Å². The van der Waals surface area contributed by atoms with E-state index >= 15 is 0 Å². The summed E-state index contributed by atoms with van der Waals surface area (Å²) in [6.07, 6.45) is 4.58. The van der Waals surface area contributed by atoms with Crippen LogP contribution in [0.3, 0.4) is 0 Å². The third kappa shape index (κ3) is 1.52. The molecule has 0 aromatic carbocycles. The molecule has 1 saturated carbocycles. The Balaban J connectivity index is 1.86. The lowest BCUT2D eigenvalue weighted by atomic mass is 9.92. The molecule has 2 aliphatic rings. The van der Waals surface area contributed by atoms with E-state index < -0.39 is 6.23 Å². The summed E-state index contributed by atoms with van der Waals surface area (Å²) < 4.78 is 0. The molecule has 3 heteroatoms. The van der Waals surface area contributed by atoms with Crippen molar-refractivity contribution in [2.75, 3.05) is 13.1 Å². The van der Waals surface area contributed by atoms with Crippen LogP contribution in [0.4, 0.5) is 0 Å². The van der Waals surface area contributed by atoms with E-state index in [0.717, 1.165) is 25.9 Å². The predicted octanol–water partition coefficient (Wildman–Crippen LogP) is 0.304. The largest absolute Gasteiger partial charge is 0.375 e. The van der Waals surface area contributed by atoms with Crippen LogP contribution in [0.15, 0.2) is 12.7 Å². The van der Waals surface area contributed by atoms with Crippen LogP contribution < -0.4 is 5.73 Å². The first-order valence-electron chi connectivity index (χ1n) is 4.98. The molecule has 0 aromatic rings. The molecule has 2 atom stereocenters. The van der Waals surface area contributed by atoms with E-state index in [2.05, 4.69) is 11.5 Å². The zero-order chi connectivity index (χ0) is 9.47. The fourth-order valence-electron chi connectivity index (χ4n) is 2.34. The van der Waals surface area contributed by atoms with Gasteiger partial charge in [0.1, 0.15) is 6.23 Å². The summed E-state index contributed by atoms with van der Waals surface area (Å²) in [5.74, 6) is 0. The smallest absolute Gasteiger partial charge is 0.126 e. The second-order valence-corrected chi connectivity index (χ2v) is 4.36. The molecule has 0 bridgehead atoms. The Kier molecular flexibility index (Phi) is 2.18. The van der Waals surface area contributed by atoms with Crippen LogP contribution in [0.5, 0.6) is 0 Å². The molecular formula is C10H18N2O. The zero-order valence-corrected chi connectivity index (χ0v) is 7.95. The standard InChI is InChI=1S/C10H18N2O/c1-2-9(13)12-5-3-10(4-6-12)7-8(10)11/h2,8-9,13H,1,3-7,11H2. The molecule has 2 fully saturated rings. The van der Waals surface area contributed by atoms with E-state index in [1.54, 1.807) is 6.08 Å². The van der Waals surface area contributed by atoms with Crippen molar-refractivity contribution in [2.45, 2.75) is 31.5 Å². The number of likely N-dealkylation sites (tertiary alicyclic amines) is 1. The first-order valence-corrected chi connectivity index (χ1v) is 4.98. The minimum Gasteiger partial charge on any atom is -0.375 e. The van der Waals surface area contributed by atoms with Gasteiger partial charge in [0.25, 0.3) is 0 Å². The van der Waals surface area contributed by atoms with Crippen molar-refractivity contribution < 1.29 is 5.11 Å². The van der Waals surface area contributed by atoms with E-state index in [-0.39, 0.29) is 0 Å². The van der Waals surface area contributed by atoms with Crippen molar-refractivity contribution >= 4 is 0 Å². The third-order valence-corrected chi connectivity index (χ3v) is 3.63. The van der Waals surface area contributed by atoms with Gasteiger partial charge in [0.2, 0.25) is 0 Å². The minimum atomic E-state index is -0.465. The van der Waals surface area contributed by atoms with Crippen molar-refractivity contribution in [1.82, 2.24) is 4.90 Å². The van der Waals surface area contributed by atoms with Crippen molar-refractivity contribution in [1.29, 1.82) is 0 Å². The second-order valence-electron chi connectivity index (χ2n) is 4.36. The Morgan fingerprint density at radius 1 is 1.54 bits per heavy atom. The molecule has 74 valence electrons. The summed E-state index contributed by atoms with van der Waals surface area (Å²) in [5, 5.41) is 9.52. The molecular weight excluding hydrogens is 164 g/mol. The van der Waals surface area contributed by atoms with E-state index in [1.807, 2.05) is 0 Å². The monoisotopic (exact) mass is 182 g/mol. The molecule has 1 spiro atoms. The van der Waals surface area contributed by atoms with Crippen molar-refractivity contribution in [3.63, 3.8) is 0 Å². The van der Waals surface area contributed by atoms with Gasteiger partial charge in [-0.3, -0.25) is 4.90 Å². The number of hydrogen-bond acceptors (Lipinski definition) is 3. The van der Waals surface area contributed by atoms with Gasteiger partial charge in [0, 0.05) is 19.1 Å². The average Bonchev–Trinajstić information content (AvgIpc) is 2.76. The van der Waals surface area contributed by atoms with Crippen molar-refractivity contribution in [3.8, 4) is 0 Å². The molecule has 1 aliphatic heterocycles. The van der Waals surface area contributed by atoms with Gasteiger partial charge in [-0.2, -0.15) is 0 Å². The maximum atomic E-state index is 9.52. The first kappa shape index (κ1) is 9.19. The van der Waals surface area contributed by atoms with E-state index in [1.165, 1.54) is 6.42 Å². The predicted molar refractivity (Wildman–Crippen MR) is 52.0 cm³/mol. The van der Waals surface area contributed by atoms with Crippen LogP contribution in [0.2, 0.25) is 0 Å². The molecule has 3 nitrogen and oxygen atoms in total. The molecule has 1 saturated heterocycles. The Hall–Kier alpha value is -0.380. The highest BCUT2D eigenvalue weighted by Crippen LogP contribution is 2.52. The number of aliphatic hydroxyl groups excluding tert-OH is 1. The Morgan fingerprint density at radius 3 is 2.46 bits per heavy atom. The van der Waals surface area contributed by atoms with Gasteiger partial charge < -0.3 is 10.8 Å². The van der Waals surface area contributed by atoms with Crippen LogP contribution in [-0.2, 0) is 0 Å². The molecule has 13 heavy (non-hydrogen) atoms. The van der Waals surface area contributed by atoms with Crippen molar-refractivity contribution in [2.24, 2.45) is 11.1 Å². The normalized spacial score (nSPS) is 34.5. The lowest BCUT2D eigenvalue weighted by Crippen LogP contribution is -2.42. The lowest BCUT2D eigenvalue weighted by Gasteiger charge is -2.34. The minimum absolute atomic E-state index is 0.426. The lowest BCUT2D eigenvalue weighted by molar-refractivity contribution is 0.0128. The summed E-state index contributed by atoms with van der Waals surface area (Å²) in [6.45, 7) is 5.50. The third-order valence-electron chi connectivity index (χ3n) is 3.63. The molecule has 2 rings (SSSR count). The van der Waals surface area contributed by atoms with Crippen LogP contribution in [0.25, 0.3) is 0 Å². The summed E-state index contributed by atoms with van der Waals surface area (Å²) >= 11 is 0. The molecule has 0 radical (unpaired) electrons. The Morgan fingerprint density at radius 2 is 2.08 bits per heavy atom. The molecule has 0 aromatic heterocycles. The number of aliphatic hydroxyl groups is 1. The summed E-state index contributed by atoms with van der Waals surface area (Å²) in [5.41, 5.74) is 6.33. The van der Waals surface area contributed by atoms with Crippen LogP contribution >= 0.6 is 0 Å². The fourth-order valence-corrected chi connectivity index (χ4v) is 2.34. The number of piperidine rings is 1. The average molecular weight is 182 g/mol. The number of hydrogen-bond donors (Lipinski definition) is 2. The van der Waals surface area contributed by atoms with Crippen LogP contribution in [0.1, 0.15) is 19.3 Å². The van der Waals surface area contributed by atoms with Gasteiger partial charge in [-0.05, 0) is 30.8 Å². The topological polar surface area (TPSA) is 49.5 Å². The van der Waals surface area contributed by atoms with Gasteiger partial charge >= 0.3 is 0 Å². The second kappa shape index (κ2) is 3.08. The molecule has 3 N–H and O–H groups in total. The summed E-state index contributed by atoms with van der Waals surface area (Å²) in [7, 11) is 0. The fraction of sp³-hybridized carbons (Fsp3) is 0.800. The molecule has 1 aliphatic carbocycles. The summed E-state index contributed by atoms with van der Waals surface area (Å²) in [4.78, 5) is 2.06. The number of nitrogens with two attached hydrogens (primary N) is 1. The summed E-state index contributed by atoms with van der Waals surface area (Å²) in [6, 6.07) is 0.426. The van der Waals surface area contributed by atoms with Gasteiger partial charge in [-0.15, -0.1) is 0 Å². The molecule has 1 heterocycles. The van der Waals surface area contributed by atoms with Crippen LogP contribution in [-0.4, -0.2) is 35.4 Å².